The Balaban J connectivity index is 1.72. The predicted molar refractivity (Wildman–Crippen MR) is 147 cm³/mol. The van der Waals surface area contributed by atoms with Crippen molar-refractivity contribution in [2.24, 2.45) is 5.41 Å². The van der Waals surface area contributed by atoms with E-state index in [0.29, 0.717) is 0 Å². The Morgan fingerprint density at radius 1 is 1.38 bits per heavy atom. The van der Waals surface area contributed by atoms with Crippen molar-refractivity contribution in [3.63, 3.8) is 0 Å². The predicted octanol–water partition coefficient (Wildman–Crippen LogP) is 1.63. The van der Waals surface area contributed by atoms with Crippen LogP contribution in [0.25, 0.3) is 0 Å². The molecule has 12 nitrogen and oxygen atoms in total. The molecular formula is C25H32FN4O8PS. The molecule has 40 heavy (non-hydrogen) atoms. The van der Waals surface area contributed by atoms with E-state index in [2.05, 4.69) is 10.1 Å². The van der Waals surface area contributed by atoms with Crippen LogP contribution in [-0.4, -0.2) is 68.3 Å². The van der Waals surface area contributed by atoms with Crippen molar-refractivity contribution in [1.29, 1.82) is 0 Å². The fraction of sp³-hybridized carbons (Fsp3) is 0.480. The van der Waals surface area contributed by atoms with Crippen molar-refractivity contribution in [1.82, 2.24) is 14.6 Å². The molecule has 0 spiro atoms. The van der Waals surface area contributed by atoms with E-state index in [1.54, 1.807) is 38.1 Å². The zero-order valence-electron chi connectivity index (χ0n) is 21.9. The number of nitrogens with two attached hydrogens (primary N) is 1. The summed E-state index contributed by atoms with van der Waals surface area (Å²) >= 11 is 0.898. The van der Waals surface area contributed by atoms with Gasteiger partial charge >= 0.3 is 13.4 Å². The number of nitrogens with zero attached hydrogens (tertiary/aromatic N) is 2. The number of carbonyl (C=O) groups excluding carboxylic acids is 1. The standard InChI is InChI=1S/C25H32FN4O8PS/c1-4-25(26)20(32)18(38-21(25)30-11-10-19(27)29-23(30)34)15-37-39(35,28-14-17-8-6-5-7-9-17)36-12-13-40-22(33)24(2,3)16-31/h1,5-11,18,20-21,31-32H,12-16H2,2-3H3,(H,28,35)(H2,27,29,34)/t18-,20-,21?,25-,39?/m1/s1. The molecule has 2 unspecified atom stereocenters. The fourth-order valence-electron chi connectivity index (χ4n) is 3.55. The minimum absolute atomic E-state index is 0.0718. The van der Waals surface area contributed by atoms with Crippen molar-refractivity contribution in [3.8, 4) is 12.3 Å². The van der Waals surface area contributed by atoms with Crippen LogP contribution in [0.1, 0.15) is 25.6 Å². The number of hydrogen-bond acceptors (Lipinski definition) is 11. The maximum atomic E-state index is 15.7. The molecule has 2 aromatic rings. The molecule has 0 amide bonds. The summed E-state index contributed by atoms with van der Waals surface area (Å²) in [6.45, 7) is 2.10. The highest BCUT2D eigenvalue weighted by Crippen LogP contribution is 2.47. The van der Waals surface area contributed by atoms with Crippen molar-refractivity contribution in [2.75, 3.05) is 31.3 Å². The van der Waals surface area contributed by atoms with E-state index in [0.717, 1.165) is 28.1 Å². The summed E-state index contributed by atoms with van der Waals surface area (Å²) in [7, 11) is -4.12. The average molecular weight is 599 g/mol. The van der Waals surface area contributed by atoms with Gasteiger partial charge in [-0.2, -0.15) is 4.98 Å². The molecule has 2 heterocycles. The second-order valence-corrected chi connectivity index (χ2v) is 12.4. The molecule has 5 atom stereocenters. The van der Waals surface area contributed by atoms with Crippen molar-refractivity contribution in [2.45, 2.75) is 44.5 Å². The van der Waals surface area contributed by atoms with E-state index in [9.17, 15) is 24.4 Å². The molecule has 1 fully saturated rings. The lowest BCUT2D eigenvalue weighted by Crippen LogP contribution is -2.44. The number of ether oxygens (including phenoxy) is 1. The van der Waals surface area contributed by atoms with Crippen LogP contribution in [0.15, 0.2) is 47.4 Å². The van der Waals surface area contributed by atoms with Crippen molar-refractivity contribution < 1.29 is 37.7 Å². The molecule has 218 valence electrons. The number of aliphatic hydroxyl groups excluding tert-OH is 2. The fourth-order valence-corrected chi connectivity index (χ4v) is 5.79. The molecule has 1 aromatic carbocycles. The van der Waals surface area contributed by atoms with Crippen LogP contribution in [-0.2, 0) is 29.7 Å². The smallest absolute Gasteiger partial charge is 0.395 e. The molecule has 1 aliphatic heterocycles. The summed E-state index contributed by atoms with van der Waals surface area (Å²) in [5.41, 5.74) is 1.48. The van der Waals surface area contributed by atoms with Gasteiger partial charge in [0.05, 0.1) is 25.2 Å². The number of aliphatic hydroxyl groups is 2. The third-order valence-corrected chi connectivity index (χ3v) is 8.77. The summed E-state index contributed by atoms with van der Waals surface area (Å²) in [5.74, 6) is 1.84. The molecule has 1 aromatic heterocycles. The number of carbonyl (C=O) groups is 1. The number of aromatic nitrogens is 2. The SMILES string of the molecule is C#C[C@]1(F)C(n2ccc(N)nc2=O)O[C@H](COP(=O)(NCc2ccccc2)OCCSC(=O)C(C)(C)CO)[C@H]1O. The van der Waals surface area contributed by atoms with Gasteiger partial charge in [-0.05, 0) is 25.5 Å². The van der Waals surface area contributed by atoms with Crippen LogP contribution in [0, 0.1) is 17.8 Å². The number of halogens is 1. The quantitative estimate of drug-likeness (QED) is 0.149. The maximum absolute atomic E-state index is 15.7. The van der Waals surface area contributed by atoms with E-state index >= 15 is 4.39 Å². The lowest BCUT2D eigenvalue weighted by Gasteiger charge is -2.24. The second-order valence-electron chi connectivity index (χ2n) is 9.55. The number of thioether (sulfide) groups is 1. The van der Waals surface area contributed by atoms with Gasteiger partial charge in [0.1, 0.15) is 18.0 Å². The summed E-state index contributed by atoms with van der Waals surface area (Å²) in [6, 6.07) is 10.2. The van der Waals surface area contributed by atoms with Crippen LogP contribution < -0.4 is 16.5 Å². The zero-order chi connectivity index (χ0) is 29.6. The number of nitrogen functional groups attached to an aromatic ring is 1. The largest absolute Gasteiger partial charge is 0.405 e. The molecule has 0 saturated carbocycles. The van der Waals surface area contributed by atoms with Gasteiger partial charge in [-0.1, -0.05) is 48.0 Å². The number of benzene rings is 1. The monoisotopic (exact) mass is 598 g/mol. The Morgan fingerprint density at radius 2 is 2.08 bits per heavy atom. The first-order valence-corrected chi connectivity index (χ1v) is 14.7. The summed E-state index contributed by atoms with van der Waals surface area (Å²) < 4.78 is 46.6. The Labute approximate surface area is 235 Å². The van der Waals surface area contributed by atoms with E-state index in [-0.39, 0.29) is 36.4 Å². The van der Waals surface area contributed by atoms with Crippen LogP contribution >= 0.6 is 19.5 Å². The van der Waals surface area contributed by atoms with Crippen molar-refractivity contribution >= 4 is 30.4 Å². The lowest BCUT2D eigenvalue weighted by atomic mass is 9.97. The van der Waals surface area contributed by atoms with Crippen LogP contribution in [0.4, 0.5) is 10.2 Å². The topological polar surface area (TPSA) is 175 Å². The normalized spacial score (nSPS) is 24.4. The van der Waals surface area contributed by atoms with Gasteiger partial charge in [-0.3, -0.25) is 18.4 Å². The molecular weight excluding hydrogens is 566 g/mol. The first-order chi connectivity index (χ1) is 18.8. The van der Waals surface area contributed by atoms with E-state index < -0.39 is 49.6 Å². The van der Waals surface area contributed by atoms with Crippen LogP contribution in [0.2, 0.25) is 0 Å². The maximum Gasteiger partial charge on any atom is 0.405 e. The van der Waals surface area contributed by atoms with E-state index in [4.69, 9.17) is 25.9 Å². The Bertz CT molecular complexity index is 1320. The average Bonchev–Trinajstić information content (AvgIpc) is 3.19. The van der Waals surface area contributed by atoms with E-state index in [1.165, 1.54) is 6.07 Å². The zero-order valence-corrected chi connectivity index (χ0v) is 23.6. The van der Waals surface area contributed by atoms with Gasteiger partial charge in [0.15, 0.2) is 11.3 Å². The number of alkyl halides is 1. The second kappa shape index (κ2) is 13.4. The summed E-state index contributed by atoms with van der Waals surface area (Å²) in [4.78, 5) is 28.1. The van der Waals surface area contributed by atoms with Gasteiger partial charge in [0, 0.05) is 18.5 Å². The molecule has 0 bridgehead atoms. The van der Waals surface area contributed by atoms with Crippen molar-refractivity contribution in [3.05, 3.63) is 58.6 Å². The summed E-state index contributed by atoms with van der Waals surface area (Å²) in [5, 5.41) is 22.5. The highest BCUT2D eigenvalue weighted by Gasteiger charge is 2.58. The highest BCUT2D eigenvalue weighted by molar-refractivity contribution is 8.13. The first kappa shape index (κ1) is 31.9. The molecule has 0 aliphatic carbocycles. The Morgan fingerprint density at radius 3 is 2.70 bits per heavy atom. The number of nitrogens with one attached hydrogen (secondary N) is 1. The number of rotatable bonds is 13. The Hall–Kier alpha value is -2.60. The highest BCUT2D eigenvalue weighted by atomic mass is 32.2. The van der Waals surface area contributed by atoms with E-state index in [1.807, 2.05) is 12.0 Å². The Kier molecular flexibility index (Phi) is 10.7. The number of hydrogen-bond donors (Lipinski definition) is 4. The lowest BCUT2D eigenvalue weighted by molar-refractivity contribution is -0.119. The van der Waals surface area contributed by atoms with Gasteiger partial charge in [-0.25, -0.2) is 18.8 Å². The molecule has 15 heteroatoms. The minimum Gasteiger partial charge on any atom is -0.395 e. The number of terminal acetylenes is 1. The van der Waals surface area contributed by atoms with Crippen LogP contribution in [0.5, 0.6) is 0 Å². The molecule has 3 rings (SSSR count). The minimum atomic E-state index is -4.12. The van der Waals surface area contributed by atoms with Crippen LogP contribution in [0.3, 0.4) is 0 Å². The number of anilines is 1. The summed E-state index contributed by atoms with van der Waals surface area (Å²) in [6.07, 6.45) is 1.31. The first-order valence-electron chi connectivity index (χ1n) is 12.2. The molecule has 1 saturated heterocycles. The van der Waals surface area contributed by atoms with Gasteiger partial charge in [0.2, 0.25) is 5.67 Å². The third-order valence-electron chi connectivity index (χ3n) is 6.03. The van der Waals surface area contributed by atoms with Gasteiger partial charge in [0.25, 0.3) is 0 Å². The third kappa shape index (κ3) is 7.57. The molecule has 5 N–H and O–H groups in total. The van der Waals surface area contributed by atoms with Gasteiger partial charge < -0.3 is 20.7 Å². The van der Waals surface area contributed by atoms with Gasteiger partial charge in [-0.15, -0.1) is 6.42 Å². The molecule has 0 radical (unpaired) electrons. The molecule has 1 aliphatic rings.